The number of amides is 1. The monoisotopic (exact) mass is 460 g/mol. The fourth-order valence-electron chi connectivity index (χ4n) is 3.52. The molecule has 1 heterocycles. The number of aromatic nitrogens is 2. The number of nitro groups is 1. The molecule has 33 heavy (non-hydrogen) atoms. The number of nitrogens with zero attached hydrogens (tertiary/aromatic N) is 3. The molecule has 1 aromatic carbocycles. The molecule has 0 fully saturated rings. The Hall–Kier alpha value is -3.63. The smallest absolute Gasteiger partial charge is 0.330 e. The van der Waals surface area contributed by atoms with Crippen LogP contribution in [-0.2, 0) is 11.3 Å². The Morgan fingerprint density at radius 1 is 1.24 bits per heavy atom. The van der Waals surface area contributed by atoms with E-state index in [1.807, 2.05) is 27.7 Å². The Kier molecular flexibility index (Phi) is 8.38. The highest BCUT2D eigenvalue weighted by atomic mass is 16.6. The van der Waals surface area contributed by atoms with Crippen molar-refractivity contribution in [3.05, 3.63) is 54.7 Å². The van der Waals surface area contributed by atoms with Crippen LogP contribution in [0, 0.1) is 28.9 Å². The van der Waals surface area contributed by atoms with E-state index in [0.717, 1.165) is 0 Å². The summed E-state index contributed by atoms with van der Waals surface area (Å²) in [5.74, 6) is 0.0585. The van der Waals surface area contributed by atoms with Crippen LogP contribution in [-0.4, -0.2) is 33.5 Å². The van der Waals surface area contributed by atoms with Crippen molar-refractivity contribution in [2.24, 2.45) is 11.8 Å². The molecule has 0 saturated heterocycles. The van der Waals surface area contributed by atoms with E-state index in [1.165, 1.54) is 22.8 Å². The summed E-state index contributed by atoms with van der Waals surface area (Å²) < 4.78 is 1.34. The zero-order valence-electron chi connectivity index (χ0n) is 19.7. The number of hydrogen-bond acceptors (Lipinski definition) is 7. The van der Waals surface area contributed by atoms with E-state index < -0.39 is 16.2 Å². The standard InChI is InChI=1S/C22H32N6O5/c1-13(2)11-26(19-20(23)27(12-14(3)4)22(31)25-21(19)30)9-8-18(29)24-17-7-6-16(28(32)33)10-15(17)5/h6-7,10,13-14H,8-9,11-12,23H2,1-5H3,(H,24,29)(H,25,30,31). The predicted octanol–water partition coefficient (Wildman–Crippen LogP) is 2.48. The van der Waals surface area contributed by atoms with Gasteiger partial charge >= 0.3 is 5.69 Å². The minimum absolute atomic E-state index is 0.0470. The minimum Gasteiger partial charge on any atom is -0.383 e. The van der Waals surface area contributed by atoms with E-state index in [2.05, 4.69) is 10.3 Å². The summed E-state index contributed by atoms with van der Waals surface area (Å²) in [6.45, 7) is 10.5. The molecule has 0 radical (unpaired) electrons. The fraction of sp³-hybridized carbons (Fsp3) is 0.500. The molecule has 0 spiro atoms. The Labute approximate surface area is 191 Å². The molecule has 11 heteroatoms. The summed E-state index contributed by atoms with van der Waals surface area (Å²) >= 11 is 0. The number of H-pyrrole nitrogens is 1. The van der Waals surface area contributed by atoms with Gasteiger partial charge in [-0.3, -0.25) is 29.3 Å². The SMILES string of the molecule is Cc1cc([N+](=O)[O-])ccc1NC(=O)CCN(CC(C)C)c1c(N)n(CC(C)C)c(=O)[nH]c1=O. The number of carbonyl (C=O) groups is 1. The average molecular weight is 461 g/mol. The van der Waals surface area contributed by atoms with Gasteiger partial charge in [-0.25, -0.2) is 4.79 Å². The summed E-state index contributed by atoms with van der Waals surface area (Å²) in [7, 11) is 0. The molecular weight excluding hydrogens is 428 g/mol. The third-order valence-electron chi connectivity index (χ3n) is 4.97. The maximum absolute atomic E-state index is 12.6. The second kappa shape index (κ2) is 10.8. The van der Waals surface area contributed by atoms with Crippen LogP contribution in [0.4, 0.5) is 22.9 Å². The number of hydrogen-bond donors (Lipinski definition) is 3. The van der Waals surface area contributed by atoms with Crippen molar-refractivity contribution in [2.45, 2.75) is 47.6 Å². The number of carbonyl (C=O) groups excluding carboxylic acids is 1. The van der Waals surface area contributed by atoms with Crippen LogP contribution in [0.1, 0.15) is 39.7 Å². The van der Waals surface area contributed by atoms with Gasteiger partial charge in [0.1, 0.15) is 11.5 Å². The van der Waals surface area contributed by atoms with E-state index in [0.29, 0.717) is 24.3 Å². The first-order valence-electron chi connectivity index (χ1n) is 10.8. The lowest BCUT2D eigenvalue weighted by molar-refractivity contribution is -0.384. The molecule has 0 aliphatic heterocycles. The molecule has 0 saturated carbocycles. The number of non-ortho nitro benzene ring substituents is 1. The van der Waals surface area contributed by atoms with Crippen molar-refractivity contribution < 1.29 is 9.72 Å². The van der Waals surface area contributed by atoms with Gasteiger partial charge in [-0.05, 0) is 30.4 Å². The average Bonchev–Trinajstić information content (AvgIpc) is 2.69. The molecule has 1 amide bonds. The van der Waals surface area contributed by atoms with Gasteiger partial charge in [0.15, 0.2) is 0 Å². The van der Waals surface area contributed by atoms with Crippen LogP contribution in [0.15, 0.2) is 27.8 Å². The van der Waals surface area contributed by atoms with E-state index in [4.69, 9.17) is 5.73 Å². The maximum Gasteiger partial charge on any atom is 0.330 e. The minimum atomic E-state index is -0.593. The number of rotatable bonds is 10. The van der Waals surface area contributed by atoms with Gasteiger partial charge in [0, 0.05) is 43.9 Å². The number of nitrogens with one attached hydrogen (secondary N) is 2. The van der Waals surface area contributed by atoms with Crippen LogP contribution in [0.25, 0.3) is 0 Å². The molecule has 180 valence electrons. The van der Waals surface area contributed by atoms with Crippen LogP contribution in [0.3, 0.4) is 0 Å². The van der Waals surface area contributed by atoms with Gasteiger partial charge in [0.25, 0.3) is 11.2 Å². The van der Waals surface area contributed by atoms with Crippen molar-refractivity contribution in [1.29, 1.82) is 0 Å². The van der Waals surface area contributed by atoms with E-state index in [-0.39, 0.29) is 47.9 Å². The lowest BCUT2D eigenvalue weighted by Crippen LogP contribution is -2.41. The molecule has 2 rings (SSSR count). The number of aryl methyl sites for hydroxylation is 1. The summed E-state index contributed by atoms with van der Waals surface area (Å²) in [5.41, 5.74) is 6.24. The van der Waals surface area contributed by atoms with Crippen LogP contribution in [0.5, 0.6) is 0 Å². The van der Waals surface area contributed by atoms with Gasteiger partial charge in [-0.1, -0.05) is 27.7 Å². The van der Waals surface area contributed by atoms with E-state index in [9.17, 15) is 24.5 Å². The van der Waals surface area contributed by atoms with Crippen molar-refractivity contribution in [1.82, 2.24) is 9.55 Å². The van der Waals surface area contributed by atoms with Crippen molar-refractivity contribution in [3.63, 3.8) is 0 Å². The molecule has 0 aliphatic rings. The molecule has 0 atom stereocenters. The van der Waals surface area contributed by atoms with Crippen LogP contribution >= 0.6 is 0 Å². The highest BCUT2D eigenvalue weighted by molar-refractivity contribution is 5.92. The Bertz CT molecular complexity index is 1140. The molecule has 11 nitrogen and oxygen atoms in total. The molecular formula is C22H32N6O5. The first kappa shape index (κ1) is 25.6. The molecule has 0 unspecified atom stereocenters. The summed E-state index contributed by atoms with van der Waals surface area (Å²) in [5, 5.41) is 13.7. The second-order valence-corrected chi connectivity index (χ2v) is 8.89. The number of anilines is 3. The number of nitro benzene ring substituents is 1. The first-order chi connectivity index (χ1) is 15.4. The van der Waals surface area contributed by atoms with Crippen molar-refractivity contribution in [3.8, 4) is 0 Å². The lowest BCUT2D eigenvalue weighted by Gasteiger charge is -2.28. The van der Waals surface area contributed by atoms with E-state index >= 15 is 0 Å². The molecule has 0 aliphatic carbocycles. The van der Waals surface area contributed by atoms with Crippen LogP contribution in [0.2, 0.25) is 0 Å². The molecule has 0 bridgehead atoms. The van der Waals surface area contributed by atoms with Crippen LogP contribution < -0.4 is 27.2 Å². The zero-order valence-corrected chi connectivity index (χ0v) is 19.7. The highest BCUT2D eigenvalue weighted by Gasteiger charge is 2.21. The second-order valence-electron chi connectivity index (χ2n) is 8.89. The van der Waals surface area contributed by atoms with Gasteiger partial charge in [-0.15, -0.1) is 0 Å². The molecule has 4 N–H and O–H groups in total. The largest absolute Gasteiger partial charge is 0.383 e. The molecule has 1 aromatic heterocycles. The van der Waals surface area contributed by atoms with Crippen molar-refractivity contribution in [2.75, 3.05) is 29.0 Å². The molecule has 2 aromatic rings. The maximum atomic E-state index is 12.6. The Balaban J connectivity index is 2.25. The van der Waals surface area contributed by atoms with Gasteiger partial charge in [0.05, 0.1) is 4.92 Å². The highest BCUT2D eigenvalue weighted by Crippen LogP contribution is 2.22. The number of benzene rings is 1. The van der Waals surface area contributed by atoms with Crippen molar-refractivity contribution >= 4 is 28.8 Å². The number of aromatic amines is 1. The summed E-state index contributed by atoms with van der Waals surface area (Å²) in [4.78, 5) is 52.0. The number of nitrogen functional groups attached to an aromatic ring is 1. The first-order valence-corrected chi connectivity index (χ1v) is 10.8. The lowest BCUT2D eigenvalue weighted by atomic mass is 10.1. The van der Waals surface area contributed by atoms with Gasteiger partial charge in [-0.2, -0.15) is 0 Å². The zero-order chi connectivity index (χ0) is 24.9. The number of nitrogens with two attached hydrogens (primary N) is 1. The topological polar surface area (TPSA) is 156 Å². The van der Waals surface area contributed by atoms with E-state index in [1.54, 1.807) is 11.8 Å². The third kappa shape index (κ3) is 6.67. The third-order valence-corrected chi connectivity index (χ3v) is 4.97. The predicted molar refractivity (Wildman–Crippen MR) is 129 cm³/mol. The van der Waals surface area contributed by atoms with Gasteiger partial charge in [0.2, 0.25) is 5.91 Å². The quantitative estimate of drug-likeness (QED) is 0.363. The Morgan fingerprint density at radius 2 is 1.91 bits per heavy atom. The normalized spacial score (nSPS) is 11.1. The Morgan fingerprint density at radius 3 is 2.45 bits per heavy atom. The summed E-state index contributed by atoms with van der Waals surface area (Å²) in [6, 6.07) is 4.20. The summed E-state index contributed by atoms with van der Waals surface area (Å²) in [6.07, 6.45) is 0.0470. The van der Waals surface area contributed by atoms with Gasteiger partial charge < -0.3 is 16.0 Å². The fourth-order valence-corrected chi connectivity index (χ4v) is 3.52.